The number of hydrogen-bond acceptors (Lipinski definition) is 5. The highest BCUT2D eigenvalue weighted by atomic mass is 35.5. The molecule has 2 aromatic carbocycles. The van der Waals surface area contributed by atoms with Gasteiger partial charge in [0.05, 0.1) is 9.90 Å². The van der Waals surface area contributed by atoms with Crippen molar-refractivity contribution in [2.24, 2.45) is 0 Å². The van der Waals surface area contributed by atoms with Gasteiger partial charge in [-0.2, -0.15) is 13.2 Å². The van der Waals surface area contributed by atoms with Crippen LogP contribution < -0.4 is 10.1 Å². The first kappa shape index (κ1) is 28.4. The van der Waals surface area contributed by atoms with Gasteiger partial charge in [-0.1, -0.05) is 29.8 Å². The van der Waals surface area contributed by atoms with Gasteiger partial charge in [-0.3, -0.25) is 9.69 Å². The summed E-state index contributed by atoms with van der Waals surface area (Å²) in [4.78, 5) is 24.1. The Kier molecular flexibility index (Phi) is 9.90. The third-order valence-corrected chi connectivity index (χ3v) is 6.49. The summed E-state index contributed by atoms with van der Waals surface area (Å²) in [5, 5.41) is 12.3. The largest absolute Gasteiger partial charge is 0.490 e. The van der Waals surface area contributed by atoms with E-state index in [0.717, 1.165) is 38.0 Å². The van der Waals surface area contributed by atoms with E-state index in [1.807, 2.05) is 23.6 Å². The molecular weight excluding hydrogens is 536 g/mol. The van der Waals surface area contributed by atoms with E-state index in [1.54, 1.807) is 24.3 Å². The Balaban J connectivity index is 0.000000479. The molecule has 198 valence electrons. The number of hydrogen-bond donors (Lipinski definition) is 2. The predicted molar refractivity (Wildman–Crippen MR) is 133 cm³/mol. The molecule has 12 heteroatoms. The minimum absolute atomic E-state index is 0.0959. The minimum atomic E-state index is -5.08. The van der Waals surface area contributed by atoms with Crippen LogP contribution in [0, 0.1) is 5.82 Å². The number of benzene rings is 2. The average molecular weight is 559 g/mol. The number of carbonyl (C=O) groups is 2. The summed E-state index contributed by atoms with van der Waals surface area (Å²) in [6, 6.07) is 15.6. The predicted octanol–water partition coefficient (Wildman–Crippen LogP) is 6.47. The first-order valence-electron chi connectivity index (χ1n) is 11.1. The lowest BCUT2D eigenvalue weighted by atomic mass is 10.1. The second-order valence-corrected chi connectivity index (χ2v) is 9.45. The highest BCUT2D eigenvalue weighted by molar-refractivity contribution is 7.12. The van der Waals surface area contributed by atoms with Crippen molar-refractivity contribution in [1.29, 1.82) is 0 Å². The van der Waals surface area contributed by atoms with E-state index in [-0.39, 0.29) is 17.8 Å². The number of alkyl halides is 3. The number of likely N-dealkylation sites (tertiary alicyclic amines) is 1. The van der Waals surface area contributed by atoms with E-state index in [9.17, 15) is 22.4 Å². The Hall–Kier alpha value is -3.15. The monoisotopic (exact) mass is 558 g/mol. The number of nitrogens with one attached hydrogen (secondary N) is 1. The van der Waals surface area contributed by atoms with Crippen molar-refractivity contribution in [2.45, 2.75) is 31.7 Å². The average Bonchev–Trinajstić information content (AvgIpc) is 3.39. The van der Waals surface area contributed by atoms with Crippen LogP contribution in [0.2, 0.25) is 5.02 Å². The smallest absolute Gasteiger partial charge is 0.489 e. The summed E-state index contributed by atoms with van der Waals surface area (Å²) in [5.41, 5.74) is 1.75. The quantitative estimate of drug-likeness (QED) is 0.339. The zero-order valence-electron chi connectivity index (χ0n) is 19.3. The van der Waals surface area contributed by atoms with Crippen LogP contribution in [0.15, 0.2) is 60.0 Å². The lowest BCUT2D eigenvalue weighted by molar-refractivity contribution is -0.192. The standard InChI is InChI=1S/C23H22ClFN2O2S.C2HF3O2/c24-20-14-18(26-23(28)22-2-1-13-30-22)7-8-21(20)29-19-9-11-27(12-10-19)15-16-3-5-17(25)6-4-16;3-2(4,5)1(6)7/h1-8,13-14,19H,9-12,15H2,(H,26,28);(H,6,7). The molecule has 3 aromatic rings. The second kappa shape index (κ2) is 12.9. The van der Waals surface area contributed by atoms with Gasteiger partial charge in [0, 0.05) is 25.3 Å². The molecule has 1 fully saturated rings. The van der Waals surface area contributed by atoms with Crippen LogP contribution in [0.1, 0.15) is 28.1 Å². The molecular formula is C25H23ClF4N2O4S. The summed E-state index contributed by atoms with van der Waals surface area (Å²) in [6.07, 6.45) is -3.19. The Morgan fingerprint density at radius 2 is 1.76 bits per heavy atom. The van der Waals surface area contributed by atoms with Crippen LogP contribution in [0.4, 0.5) is 23.2 Å². The Bertz CT molecular complexity index is 1180. The van der Waals surface area contributed by atoms with Gasteiger partial charge in [-0.15, -0.1) is 11.3 Å². The first-order valence-corrected chi connectivity index (χ1v) is 12.3. The molecule has 0 bridgehead atoms. The lowest BCUT2D eigenvalue weighted by Gasteiger charge is -2.32. The van der Waals surface area contributed by atoms with Crippen LogP contribution in [0.5, 0.6) is 5.75 Å². The zero-order valence-corrected chi connectivity index (χ0v) is 20.9. The van der Waals surface area contributed by atoms with Crippen LogP contribution in [-0.2, 0) is 11.3 Å². The van der Waals surface area contributed by atoms with Gasteiger partial charge < -0.3 is 15.2 Å². The lowest BCUT2D eigenvalue weighted by Crippen LogP contribution is -2.37. The first-order chi connectivity index (χ1) is 17.5. The number of amides is 1. The number of anilines is 1. The molecule has 1 aliphatic heterocycles. The van der Waals surface area contributed by atoms with Crippen molar-refractivity contribution < 1.29 is 37.0 Å². The SMILES string of the molecule is O=C(Nc1ccc(OC2CCN(Cc3ccc(F)cc3)CC2)c(Cl)c1)c1cccs1.O=C(O)C(F)(F)F. The summed E-state index contributed by atoms with van der Waals surface area (Å²) in [6.45, 7) is 2.63. The molecule has 0 radical (unpaired) electrons. The molecule has 1 aliphatic rings. The number of carboxylic acid groups (broad SMARTS) is 1. The van der Waals surface area contributed by atoms with Crippen molar-refractivity contribution in [1.82, 2.24) is 4.90 Å². The van der Waals surface area contributed by atoms with E-state index in [1.165, 1.54) is 23.5 Å². The third kappa shape index (κ3) is 9.03. The zero-order chi connectivity index (χ0) is 27.0. The molecule has 4 rings (SSSR count). The maximum Gasteiger partial charge on any atom is 0.490 e. The minimum Gasteiger partial charge on any atom is -0.489 e. The number of carbonyl (C=O) groups excluding carboxylic acids is 1. The Morgan fingerprint density at radius 3 is 2.30 bits per heavy atom. The van der Waals surface area contributed by atoms with Gasteiger partial charge in [0.1, 0.15) is 17.7 Å². The van der Waals surface area contributed by atoms with Crippen molar-refractivity contribution in [3.63, 3.8) is 0 Å². The maximum atomic E-state index is 13.0. The molecule has 6 nitrogen and oxygen atoms in total. The van der Waals surface area contributed by atoms with Gasteiger partial charge >= 0.3 is 12.1 Å². The van der Waals surface area contributed by atoms with Crippen LogP contribution in [0.25, 0.3) is 0 Å². The number of nitrogens with zero attached hydrogens (tertiary/aromatic N) is 1. The molecule has 0 atom stereocenters. The van der Waals surface area contributed by atoms with E-state index in [4.69, 9.17) is 26.2 Å². The summed E-state index contributed by atoms with van der Waals surface area (Å²) >= 11 is 7.78. The van der Waals surface area contributed by atoms with Gasteiger partial charge in [-0.05, 0) is 60.2 Å². The molecule has 2 heterocycles. The van der Waals surface area contributed by atoms with Crippen LogP contribution in [-0.4, -0.2) is 47.3 Å². The molecule has 2 N–H and O–H groups in total. The molecule has 1 amide bonds. The number of rotatable bonds is 6. The van der Waals surface area contributed by atoms with Crippen LogP contribution >= 0.6 is 22.9 Å². The molecule has 1 aromatic heterocycles. The summed E-state index contributed by atoms with van der Waals surface area (Å²) in [5.74, 6) is -2.49. The fourth-order valence-electron chi connectivity index (χ4n) is 3.49. The normalized spacial score (nSPS) is 14.4. The highest BCUT2D eigenvalue weighted by Crippen LogP contribution is 2.30. The van der Waals surface area contributed by atoms with Gasteiger partial charge in [-0.25, -0.2) is 9.18 Å². The Labute approximate surface area is 219 Å². The topological polar surface area (TPSA) is 78.9 Å². The number of halogens is 5. The van der Waals surface area contributed by atoms with E-state index in [0.29, 0.717) is 21.3 Å². The molecule has 0 spiro atoms. The van der Waals surface area contributed by atoms with Gasteiger partial charge in [0.25, 0.3) is 5.91 Å². The van der Waals surface area contributed by atoms with E-state index < -0.39 is 12.1 Å². The molecule has 0 unspecified atom stereocenters. The van der Waals surface area contributed by atoms with E-state index in [2.05, 4.69) is 10.2 Å². The highest BCUT2D eigenvalue weighted by Gasteiger charge is 2.38. The fourth-order valence-corrected chi connectivity index (χ4v) is 4.33. The molecule has 0 saturated carbocycles. The van der Waals surface area contributed by atoms with Crippen molar-refractivity contribution in [2.75, 3.05) is 18.4 Å². The number of ether oxygens (including phenoxy) is 1. The van der Waals surface area contributed by atoms with Crippen molar-refractivity contribution >= 4 is 40.5 Å². The fraction of sp³-hybridized carbons (Fsp3) is 0.280. The van der Waals surface area contributed by atoms with E-state index >= 15 is 0 Å². The summed E-state index contributed by atoms with van der Waals surface area (Å²) < 4.78 is 50.9. The van der Waals surface area contributed by atoms with Gasteiger partial charge in [0.15, 0.2) is 0 Å². The third-order valence-electron chi connectivity index (χ3n) is 5.32. The Morgan fingerprint density at radius 1 is 1.11 bits per heavy atom. The second-order valence-electron chi connectivity index (χ2n) is 8.10. The van der Waals surface area contributed by atoms with Gasteiger partial charge in [0.2, 0.25) is 0 Å². The summed E-state index contributed by atoms with van der Waals surface area (Å²) in [7, 11) is 0. The number of piperidine rings is 1. The molecule has 37 heavy (non-hydrogen) atoms. The van der Waals surface area contributed by atoms with Crippen molar-refractivity contribution in [3.05, 3.63) is 81.3 Å². The van der Waals surface area contributed by atoms with Crippen LogP contribution in [0.3, 0.4) is 0 Å². The maximum absolute atomic E-state index is 13.0. The number of thiophene rings is 1. The molecule has 1 saturated heterocycles. The number of carboxylic acids is 1. The van der Waals surface area contributed by atoms with Crippen molar-refractivity contribution in [3.8, 4) is 5.75 Å². The molecule has 0 aliphatic carbocycles. The number of aliphatic carboxylic acids is 1.